The van der Waals surface area contributed by atoms with Gasteiger partial charge < -0.3 is 15.0 Å². The van der Waals surface area contributed by atoms with E-state index in [1.165, 1.54) is 0 Å². The maximum atomic E-state index is 11.8. The van der Waals surface area contributed by atoms with E-state index in [9.17, 15) is 4.79 Å². The van der Waals surface area contributed by atoms with Gasteiger partial charge in [-0.25, -0.2) is 9.78 Å². The smallest absolute Gasteiger partial charge is 0.317 e. The van der Waals surface area contributed by atoms with Crippen LogP contribution in [-0.2, 0) is 0 Å². The van der Waals surface area contributed by atoms with Crippen molar-refractivity contribution in [1.29, 1.82) is 0 Å². The van der Waals surface area contributed by atoms with Crippen molar-refractivity contribution in [2.75, 3.05) is 19.6 Å². The minimum absolute atomic E-state index is 0.00477. The maximum absolute atomic E-state index is 11.8. The van der Waals surface area contributed by atoms with E-state index in [0.29, 0.717) is 12.4 Å². The molecule has 0 spiro atoms. The van der Waals surface area contributed by atoms with Crippen LogP contribution in [0.4, 0.5) is 4.79 Å². The summed E-state index contributed by atoms with van der Waals surface area (Å²) in [6.07, 6.45) is 1.85. The van der Waals surface area contributed by atoms with Crippen LogP contribution in [0.3, 0.4) is 0 Å². The number of urea groups is 1. The molecular formula is C14H21N3O2. The van der Waals surface area contributed by atoms with E-state index in [1.807, 2.05) is 32.0 Å². The van der Waals surface area contributed by atoms with Gasteiger partial charge in [0.2, 0.25) is 5.88 Å². The van der Waals surface area contributed by atoms with Crippen LogP contribution < -0.4 is 10.1 Å². The lowest BCUT2D eigenvalue weighted by atomic mass is 10.3. The molecule has 0 bridgehead atoms. The average molecular weight is 263 g/mol. The van der Waals surface area contributed by atoms with E-state index >= 15 is 0 Å². The molecule has 0 aromatic carbocycles. The van der Waals surface area contributed by atoms with Gasteiger partial charge in [-0.2, -0.15) is 0 Å². The number of carbonyl (C=O) groups excluding carboxylic acids is 1. The number of ether oxygens (including phenoxy) is 1. The molecular weight excluding hydrogens is 242 g/mol. The van der Waals surface area contributed by atoms with Gasteiger partial charge in [-0.05, 0) is 19.4 Å². The molecule has 2 amide bonds. The van der Waals surface area contributed by atoms with Crippen molar-refractivity contribution < 1.29 is 9.53 Å². The lowest BCUT2D eigenvalue weighted by Gasteiger charge is -2.17. The monoisotopic (exact) mass is 263 g/mol. The first-order valence-corrected chi connectivity index (χ1v) is 6.82. The van der Waals surface area contributed by atoms with Crippen LogP contribution in [-0.4, -0.2) is 41.7 Å². The summed E-state index contributed by atoms with van der Waals surface area (Å²) in [5, 5.41) is 2.88. The zero-order valence-corrected chi connectivity index (χ0v) is 11.6. The number of aromatic nitrogens is 1. The summed E-state index contributed by atoms with van der Waals surface area (Å²) in [5.74, 6) is 0.640. The first-order chi connectivity index (χ1) is 9.19. The van der Waals surface area contributed by atoms with Crippen molar-refractivity contribution in [3.63, 3.8) is 0 Å². The summed E-state index contributed by atoms with van der Waals surface area (Å²) < 4.78 is 5.81. The molecule has 1 fully saturated rings. The Kier molecular flexibility index (Phi) is 4.60. The van der Waals surface area contributed by atoms with Crippen LogP contribution in [0.5, 0.6) is 5.88 Å². The molecule has 0 radical (unpaired) electrons. The fraction of sp³-hybridized carbons (Fsp3) is 0.571. The number of nitrogens with zero attached hydrogens (tertiary/aromatic N) is 2. The molecule has 19 heavy (non-hydrogen) atoms. The molecule has 1 aromatic rings. The highest BCUT2D eigenvalue weighted by Crippen LogP contribution is 2.16. The Morgan fingerprint density at radius 2 is 2.42 bits per heavy atom. The van der Waals surface area contributed by atoms with Crippen molar-refractivity contribution in [2.24, 2.45) is 0 Å². The highest BCUT2D eigenvalue weighted by atomic mass is 16.5. The molecule has 1 unspecified atom stereocenters. The summed E-state index contributed by atoms with van der Waals surface area (Å²) in [5.41, 5.74) is 0.938. The van der Waals surface area contributed by atoms with Crippen molar-refractivity contribution in [3.05, 3.63) is 23.9 Å². The van der Waals surface area contributed by atoms with Gasteiger partial charge in [0.05, 0.1) is 6.54 Å². The normalized spacial score (nSPS) is 18.4. The Labute approximate surface area is 114 Å². The lowest BCUT2D eigenvalue weighted by Crippen LogP contribution is -2.39. The second-order valence-electron chi connectivity index (χ2n) is 4.82. The fourth-order valence-electron chi connectivity index (χ4n) is 2.11. The van der Waals surface area contributed by atoms with Gasteiger partial charge in [-0.1, -0.05) is 13.0 Å². The van der Waals surface area contributed by atoms with E-state index < -0.39 is 0 Å². The Morgan fingerprint density at radius 3 is 3.16 bits per heavy atom. The molecule has 1 aliphatic rings. The highest BCUT2D eigenvalue weighted by Gasteiger charge is 2.27. The number of pyridine rings is 1. The second-order valence-corrected chi connectivity index (χ2v) is 4.82. The van der Waals surface area contributed by atoms with Gasteiger partial charge in [0.1, 0.15) is 6.10 Å². The van der Waals surface area contributed by atoms with E-state index in [1.54, 1.807) is 4.90 Å². The van der Waals surface area contributed by atoms with E-state index in [2.05, 4.69) is 10.3 Å². The average Bonchev–Trinajstić information content (AvgIpc) is 2.84. The van der Waals surface area contributed by atoms with Gasteiger partial charge in [0.15, 0.2) is 0 Å². The Morgan fingerprint density at radius 1 is 1.58 bits per heavy atom. The molecule has 1 aromatic heterocycles. The van der Waals surface area contributed by atoms with Gasteiger partial charge >= 0.3 is 6.03 Å². The van der Waals surface area contributed by atoms with E-state index in [0.717, 1.165) is 31.6 Å². The highest BCUT2D eigenvalue weighted by molar-refractivity contribution is 5.74. The minimum atomic E-state index is 0.00477. The third kappa shape index (κ3) is 3.84. The van der Waals surface area contributed by atoms with Crippen molar-refractivity contribution >= 4 is 6.03 Å². The minimum Gasteiger partial charge on any atom is -0.472 e. The zero-order valence-electron chi connectivity index (χ0n) is 11.6. The molecule has 5 nitrogen and oxygen atoms in total. The van der Waals surface area contributed by atoms with E-state index in [-0.39, 0.29) is 12.1 Å². The number of amides is 2. The summed E-state index contributed by atoms with van der Waals surface area (Å²) in [6.45, 7) is 6.07. The van der Waals surface area contributed by atoms with Gasteiger partial charge in [0.25, 0.3) is 0 Å². The first-order valence-electron chi connectivity index (χ1n) is 6.82. The van der Waals surface area contributed by atoms with Crippen molar-refractivity contribution in [3.8, 4) is 5.88 Å². The maximum Gasteiger partial charge on any atom is 0.317 e. The molecule has 5 heteroatoms. The Bertz CT molecular complexity index is 436. The molecule has 2 rings (SSSR count). The predicted octanol–water partition coefficient (Wildman–Crippen LogP) is 1.96. The van der Waals surface area contributed by atoms with Crippen LogP contribution in [0, 0.1) is 6.92 Å². The lowest BCUT2D eigenvalue weighted by molar-refractivity contribution is 0.183. The van der Waals surface area contributed by atoms with Crippen molar-refractivity contribution in [2.45, 2.75) is 32.8 Å². The number of hydrogen-bond donors (Lipinski definition) is 1. The Hall–Kier alpha value is -1.78. The standard InChI is InChI=1S/C14H21N3O2/c1-3-8-15-14(18)17-9-7-12(10-17)19-13-6-4-5-11(2)16-13/h4-6,12H,3,7-10H2,1-2H3,(H,15,18). The molecule has 0 saturated carbocycles. The quantitative estimate of drug-likeness (QED) is 0.903. The summed E-state index contributed by atoms with van der Waals surface area (Å²) in [7, 11) is 0. The number of carbonyl (C=O) groups is 1. The summed E-state index contributed by atoms with van der Waals surface area (Å²) in [6, 6.07) is 5.72. The van der Waals surface area contributed by atoms with E-state index in [4.69, 9.17) is 4.74 Å². The summed E-state index contributed by atoms with van der Waals surface area (Å²) >= 11 is 0. The third-order valence-corrected chi connectivity index (χ3v) is 3.11. The second kappa shape index (κ2) is 6.41. The number of aryl methyl sites for hydroxylation is 1. The fourth-order valence-corrected chi connectivity index (χ4v) is 2.11. The molecule has 0 aliphatic carbocycles. The van der Waals surface area contributed by atoms with Crippen LogP contribution in [0.15, 0.2) is 18.2 Å². The van der Waals surface area contributed by atoms with Crippen LogP contribution in [0.25, 0.3) is 0 Å². The first kappa shape index (κ1) is 13.6. The number of nitrogens with one attached hydrogen (secondary N) is 1. The largest absolute Gasteiger partial charge is 0.472 e. The van der Waals surface area contributed by atoms with Crippen LogP contribution in [0.1, 0.15) is 25.5 Å². The predicted molar refractivity (Wildman–Crippen MR) is 73.3 cm³/mol. The number of likely N-dealkylation sites (tertiary alicyclic amines) is 1. The van der Waals surface area contributed by atoms with Gasteiger partial charge in [0, 0.05) is 31.3 Å². The number of rotatable bonds is 4. The molecule has 104 valence electrons. The van der Waals surface area contributed by atoms with Gasteiger partial charge in [-0.3, -0.25) is 0 Å². The zero-order chi connectivity index (χ0) is 13.7. The molecule has 2 heterocycles. The summed E-state index contributed by atoms with van der Waals surface area (Å²) in [4.78, 5) is 17.9. The molecule has 1 aliphatic heterocycles. The molecule has 1 N–H and O–H groups in total. The van der Waals surface area contributed by atoms with Crippen LogP contribution >= 0.6 is 0 Å². The van der Waals surface area contributed by atoms with Crippen LogP contribution in [0.2, 0.25) is 0 Å². The number of hydrogen-bond acceptors (Lipinski definition) is 3. The SMILES string of the molecule is CCCNC(=O)N1CCC(Oc2cccc(C)n2)C1. The molecule has 1 atom stereocenters. The third-order valence-electron chi connectivity index (χ3n) is 3.11. The Balaban J connectivity index is 1.83. The van der Waals surface area contributed by atoms with Crippen molar-refractivity contribution in [1.82, 2.24) is 15.2 Å². The topological polar surface area (TPSA) is 54.5 Å². The molecule has 1 saturated heterocycles. The van der Waals surface area contributed by atoms with Gasteiger partial charge in [-0.15, -0.1) is 0 Å².